The Kier molecular flexibility index (Phi) is 5.37. The van der Waals surface area contributed by atoms with E-state index in [0.29, 0.717) is 17.1 Å². The zero-order valence-corrected chi connectivity index (χ0v) is 12.0. The molecule has 1 aromatic carbocycles. The van der Waals surface area contributed by atoms with Crippen LogP contribution >= 0.6 is 0 Å². The summed E-state index contributed by atoms with van der Waals surface area (Å²) < 4.78 is 10.4. The lowest BCUT2D eigenvalue weighted by Gasteiger charge is -2.28. The number of likely N-dealkylation sites (N-methyl/N-ethyl adjacent to an activating group) is 1. The number of methoxy groups -OCH3 is 2. The number of amides is 1. The molecular formula is C14H19NO5. The van der Waals surface area contributed by atoms with E-state index >= 15 is 0 Å². The number of carbonyl (C=O) groups is 2. The minimum Gasteiger partial charge on any atom is -0.493 e. The molecule has 0 aliphatic heterocycles. The number of hydrogen-bond donors (Lipinski definition) is 1. The molecule has 0 aromatic heterocycles. The number of carbonyl (C=O) groups excluding carboxylic acids is 1. The number of carboxylic acid groups (broad SMARTS) is 1. The fraction of sp³-hybridized carbons (Fsp3) is 0.429. The van der Waals surface area contributed by atoms with Gasteiger partial charge in [0.05, 0.1) is 14.2 Å². The fourth-order valence-electron chi connectivity index (χ4n) is 2.15. The molecule has 0 heterocycles. The molecule has 1 N–H and O–H groups in total. The highest BCUT2D eigenvalue weighted by molar-refractivity contribution is 5.84. The monoisotopic (exact) mass is 281 g/mol. The van der Waals surface area contributed by atoms with E-state index in [4.69, 9.17) is 9.47 Å². The molecule has 0 radical (unpaired) electrons. The van der Waals surface area contributed by atoms with Crippen LogP contribution in [-0.4, -0.2) is 42.6 Å². The normalized spacial score (nSPS) is 11.6. The van der Waals surface area contributed by atoms with Gasteiger partial charge in [0.25, 0.3) is 0 Å². The first-order valence-electron chi connectivity index (χ1n) is 6.18. The molecule has 1 atom stereocenters. The van der Waals surface area contributed by atoms with Crippen LogP contribution in [0.25, 0.3) is 0 Å². The average molecular weight is 281 g/mol. The minimum absolute atomic E-state index is 0.284. The van der Waals surface area contributed by atoms with E-state index in [9.17, 15) is 14.7 Å². The molecule has 0 spiro atoms. The van der Waals surface area contributed by atoms with Gasteiger partial charge >= 0.3 is 5.97 Å². The third-order valence-corrected chi connectivity index (χ3v) is 3.02. The summed E-state index contributed by atoms with van der Waals surface area (Å²) >= 11 is 0. The quantitative estimate of drug-likeness (QED) is 0.858. The minimum atomic E-state index is -1.12. The van der Waals surface area contributed by atoms with Crippen LogP contribution in [0.4, 0.5) is 0 Å². The van der Waals surface area contributed by atoms with Gasteiger partial charge < -0.3 is 19.5 Å². The Morgan fingerprint density at radius 1 is 1.30 bits per heavy atom. The lowest BCUT2D eigenvalue weighted by Crippen LogP contribution is -2.37. The number of aliphatic carboxylic acids is 1. The topological polar surface area (TPSA) is 76.1 Å². The zero-order chi connectivity index (χ0) is 15.3. The van der Waals surface area contributed by atoms with E-state index in [2.05, 4.69) is 0 Å². The third-order valence-electron chi connectivity index (χ3n) is 3.02. The first-order valence-corrected chi connectivity index (χ1v) is 6.18. The lowest BCUT2D eigenvalue weighted by atomic mass is 10.0. The lowest BCUT2D eigenvalue weighted by molar-refractivity contribution is -0.149. The van der Waals surface area contributed by atoms with Gasteiger partial charge in [0.2, 0.25) is 5.91 Å². The zero-order valence-electron chi connectivity index (χ0n) is 12.0. The highest BCUT2D eigenvalue weighted by Gasteiger charge is 2.31. The highest BCUT2D eigenvalue weighted by Crippen LogP contribution is 2.37. The maximum Gasteiger partial charge on any atom is 0.331 e. The van der Waals surface area contributed by atoms with Crippen LogP contribution in [0.15, 0.2) is 18.2 Å². The summed E-state index contributed by atoms with van der Waals surface area (Å²) in [5.74, 6) is -0.684. The Hall–Kier alpha value is -2.24. The van der Waals surface area contributed by atoms with Crippen molar-refractivity contribution in [2.45, 2.75) is 19.9 Å². The molecule has 0 saturated heterocycles. The summed E-state index contributed by atoms with van der Waals surface area (Å²) in [6.45, 7) is 3.35. The van der Waals surface area contributed by atoms with E-state index in [0.717, 1.165) is 0 Å². The van der Waals surface area contributed by atoms with Crippen molar-refractivity contribution in [3.05, 3.63) is 23.8 Å². The number of para-hydroxylation sites is 1. The van der Waals surface area contributed by atoms with Gasteiger partial charge in [0, 0.05) is 19.0 Å². The highest BCUT2D eigenvalue weighted by atomic mass is 16.5. The predicted octanol–water partition coefficient (Wildman–Crippen LogP) is 1.70. The van der Waals surface area contributed by atoms with E-state index in [1.165, 1.54) is 26.0 Å². The van der Waals surface area contributed by atoms with Gasteiger partial charge in [-0.05, 0) is 13.0 Å². The second-order valence-electron chi connectivity index (χ2n) is 4.13. The molecule has 0 bridgehead atoms. The Morgan fingerprint density at radius 2 is 1.95 bits per heavy atom. The number of hydrogen-bond acceptors (Lipinski definition) is 4. The summed E-state index contributed by atoms with van der Waals surface area (Å²) in [4.78, 5) is 24.5. The Balaban J connectivity index is 3.42. The Labute approximate surface area is 117 Å². The van der Waals surface area contributed by atoms with Crippen molar-refractivity contribution in [3.63, 3.8) is 0 Å². The number of carboxylic acids is 1. The number of nitrogens with zero attached hydrogens (tertiary/aromatic N) is 1. The molecule has 20 heavy (non-hydrogen) atoms. The molecule has 1 rings (SSSR count). The Bertz CT molecular complexity index is 500. The smallest absolute Gasteiger partial charge is 0.331 e. The molecule has 1 amide bonds. The Morgan fingerprint density at radius 3 is 2.35 bits per heavy atom. The summed E-state index contributed by atoms with van der Waals surface area (Å²) in [5, 5.41) is 9.47. The van der Waals surface area contributed by atoms with Crippen molar-refractivity contribution in [2.75, 3.05) is 20.8 Å². The molecule has 0 aliphatic rings. The maximum absolute atomic E-state index is 11.6. The maximum atomic E-state index is 11.6. The van der Waals surface area contributed by atoms with Crippen molar-refractivity contribution >= 4 is 11.9 Å². The summed E-state index contributed by atoms with van der Waals surface area (Å²) in [7, 11) is 2.91. The number of rotatable bonds is 6. The van der Waals surface area contributed by atoms with Crippen LogP contribution in [0.5, 0.6) is 11.5 Å². The van der Waals surface area contributed by atoms with Crippen molar-refractivity contribution in [3.8, 4) is 11.5 Å². The van der Waals surface area contributed by atoms with Gasteiger partial charge in [0.1, 0.15) is 0 Å². The van der Waals surface area contributed by atoms with Crippen LogP contribution in [0.2, 0.25) is 0 Å². The van der Waals surface area contributed by atoms with Gasteiger partial charge in [-0.3, -0.25) is 4.79 Å². The molecule has 0 aliphatic carbocycles. The number of ether oxygens (including phenoxy) is 2. The van der Waals surface area contributed by atoms with Crippen LogP contribution < -0.4 is 9.47 Å². The standard InChI is InChI=1S/C14H19NO5/c1-5-15(9(2)16)12(14(17)18)10-7-6-8-11(19-3)13(10)20-4/h6-8,12H,5H2,1-4H3,(H,17,18). The van der Waals surface area contributed by atoms with E-state index in [1.54, 1.807) is 25.1 Å². The predicted molar refractivity (Wildman–Crippen MR) is 73.0 cm³/mol. The molecule has 1 unspecified atom stereocenters. The first-order chi connectivity index (χ1) is 9.47. The summed E-state index contributed by atoms with van der Waals surface area (Å²) in [6.07, 6.45) is 0. The second-order valence-corrected chi connectivity index (χ2v) is 4.13. The van der Waals surface area contributed by atoms with E-state index in [-0.39, 0.29) is 12.5 Å². The van der Waals surface area contributed by atoms with Crippen LogP contribution in [0.3, 0.4) is 0 Å². The van der Waals surface area contributed by atoms with Crippen molar-refractivity contribution in [1.82, 2.24) is 4.90 Å². The van der Waals surface area contributed by atoms with Gasteiger partial charge in [-0.2, -0.15) is 0 Å². The second kappa shape index (κ2) is 6.79. The largest absolute Gasteiger partial charge is 0.493 e. The SMILES string of the molecule is CCN(C(C)=O)C(C(=O)O)c1cccc(OC)c1OC. The van der Waals surface area contributed by atoms with E-state index in [1.807, 2.05) is 0 Å². The molecule has 6 nitrogen and oxygen atoms in total. The molecule has 0 saturated carbocycles. The summed E-state index contributed by atoms with van der Waals surface area (Å²) in [6, 6.07) is 3.85. The summed E-state index contributed by atoms with van der Waals surface area (Å²) in [5.41, 5.74) is 0.386. The average Bonchev–Trinajstić information content (AvgIpc) is 2.42. The van der Waals surface area contributed by atoms with Gasteiger partial charge in [-0.25, -0.2) is 4.79 Å². The van der Waals surface area contributed by atoms with Crippen LogP contribution in [0.1, 0.15) is 25.5 Å². The third kappa shape index (κ3) is 3.01. The number of benzene rings is 1. The van der Waals surface area contributed by atoms with Crippen LogP contribution in [-0.2, 0) is 9.59 Å². The first kappa shape index (κ1) is 15.8. The van der Waals surface area contributed by atoms with Crippen molar-refractivity contribution < 1.29 is 24.2 Å². The van der Waals surface area contributed by atoms with Crippen molar-refractivity contribution in [1.29, 1.82) is 0 Å². The van der Waals surface area contributed by atoms with Gasteiger partial charge in [-0.1, -0.05) is 12.1 Å². The molecule has 0 fully saturated rings. The van der Waals surface area contributed by atoms with Gasteiger partial charge in [-0.15, -0.1) is 0 Å². The molecule has 110 valence electrons. The van der Waals surface area contributed by atoms with Crippen molar-refractivity contribution in [2.24, 2.45) is 0 Å². The fourth-order valence-corrected chi connectivity index (χ4v) is 2.15. The van der Waals surface area contributed by atoms with E-state index < -0.39 is 12.0 Å². The molecule has 6 heteroatoms. The van der Waals surface area contributed by atoms with Crippen LogP contribution in [0, 0.1) is 0 Å². The molecular weight excluding hydrogens is 262 g/mol. The van der Waals surface area contributed by atoms with Gasteiger partial charge in [0.15, 0.2) is 17.5 Å². The molecule has 1 aromatic rings.